The molecule has 144 valence electrons. The van der Waals surface area contributed by atoms with Gasteiger partial charge in [0, 0.05) is 34.7 Å². The lowest BCUT2D eigenvalue weighted by molar-refractivity contribution is -0.385. The van der Waals surface area contributed by atoms with Crippen LogP contribution in [0, 0.1) is 10.1 Å². The van der Waals surface area contributed by atoms with Gasteiger partial charge in [-0.05, 0) is 23.8 Å². The molecule has 0 saturated heterocycles. The van der Waals surface area contributed by atoms with Crippen molar-refractivity contribution in [2.75, 3.05) is 0 Å². The van der Waals surface area contributed by atoms with Gasteiger partial charge in [0.25, 0.3) is 5.69 Å². The molecule has 0 amide bonds. The molecule has 2 heterocycles. The molecule has 0 aromatic heterocycles. The molecule has 2 atom stereocenters. The summed E-state index contributed by atoms with van der Waals surface area (Å²) in [5.41, 5.74) is 3.71. The number of fused-ring (bicyclic) bond motifs is 3. The highest BCUT2D eigenvalue weighted by molar-refractivity contribution is 6.30. The maximum Gasteiger partial charge on any atom is 0.269 e. The largest absolute Gasteiger partial charge is 0.464 e. The highest BCUT2D eigenvalue weighted by Gasteiger charge is 2.41. The summed E-state index contributed by atoms with van der Waals surface area (Å²) >= 11 is 6.03. The first-order chi connectivity index (χ1) is 14.1. The van der Waals surface area contributed by atoms with Crippen LogP contribution in [0.2, 0.25) is 5.02 Å². The number of hydrazone groups is 1. The Morgan fingerprint density at radius 2 is 1.86 bits per heavy atom. The Balaban J connectivity index is 1.59. The lowest BCUT2D eigenvalue weighted by Gasteiger charge is -2.38. The van der Waals surface area contributed by atoms with Gasteiger partial charge in [0.2, 0.25) is 6.23 Å². The van der Waals surface area contributed by atoms with Crippen LogP contribution in [-0.2, 0) is 0 Å². The number of ether oxygens (including phenoxy) is 1. The zero-order valence-electron chi connectivity index (χ0n) is 15.2. The van der Waals surface area contributed by atoms with Crippen LogP contribution >= 0.6 is 11.6 Å². The van der Waals surface area contributed by atoms with Gasteiger partial charge in [0.15, 0.2) is 0 Å². The molecule has 5 rings (SSSR count). The molecule has 0 spiro atoms. The fraction of sp³-hybridized carbons (Fsp3) is 0.136. The lowest BCUT2D eigenvalue weighted by Crippen LogP contribution is -2.33. The van der Waals surface area contributed by atoms with Crippen LogP contribution < -0.4 is 4.74 Å². The van der Waals surface area contributed by atoms with E-state index in [9.17, 15) is 10.1 Å². The highest BCUT2D eigenvalue weighted by atomic mass is 35.5. The molecule has 0 saturated carbocycles. The van der Waals surface area contributed by atoms with E-state index in [-0.39, 0.29) is 11.7 Å². The molecule has 7 heteroatoms. The number of nitro groups is 1. The van der Waals surface area contributed by atoms with E-state index in [1.807, 2.05) is 59.6 Å². The van der Waals surface area contributed by atoms with Gasteiger partial charge in [-0.25, -0.2) is 5.01 Å². The Labute approximate surface area is 172 Å². The van der Waals surface area contributed by atoms with Gasteiger partial charge >= 0.3 is 0 Å². The van der Waals surface area contributed by atoms with E-state index in [2.05, 4.69) is 0 Å². The van der Waals surface area contributed by atoms with Crippen molar-refractivity contribution in [3.05, 3.63) is 105 Å². The van der Waals surface area contributed by atoms with Crippen molar-refractivity contribution in [1.29, 1.82) is 0 Å². The second-order valence-electron chi connectivity index (χ2n) is 7.01. The SMILES string of the molecule is O=[N+]([O-])c1cccc(C2Oc3ccccc3C3CC(c4ccc(Cl)cc4)=NN32)c1. The summed E-state index contributed by atoms with van der Waals surface area (Å²) < 4.78 is 6.25. The van der Waals surface area contributed by atoms with E-state index in [0.717, 1.165) is 22.6 Å². The van der Waals surface area contributed by atoms with E-state index in [4.69, 9.17) is 21.4 Å². The number of non-ortho nitro benzene ring substituents is 1. The summed E-state index contributed by atoms with van der Waals surface area (Å²) in [6.45, 7) is 0. The smallest absolute Gasteiger partial charge is 0.269 e. The molecule has 0 N–H and O–H groups in total. The molecule has 6 nitrogen and oxygen atoms in total. The molecule has 0 aliphatic carbocycles. The predicted molar refractivity (Wildman–Crippen MR) is 110 cm³/mol. The van der Waals surface area contributed by atoms with Crippen molar-refractivity contribution in [3.63, 3.8) is 0 Å². The summed E-state index contributed by atoms with van der Waals surface area (Å²) in [6, 6.07) is 22.0. The Hall–Kier alpha value is -3.38. The molecule has 0 bridgehead atoms. The summed E-state index contributed by atoms with van der Waals surface area (Å²) in [7, 11) is 0. The van der Waals surface area contributed by atoms with Crippen LogP contribution in [0.4, 0.5) is 5.69 Å². The molecule has 29 heavy (non-hydrogen) atoms. The fourth-order valence-electron chi connectivity index (χ4n) is 3.86. The number of rotatable bonds is 3. The number of nitro benzene ring substituents is 1. The van der Waals surface area contributed by atoms with Crippen LogP contribution in [0.25, 0.3) is 0 Å². The topological polar surface area (TPSA) is 68.0 Å². The maximum atomic E-state index is 11.2. The van der Waals surface area contributed by atoms with Gasteiger partial charge in [-0.3, -0.25) is 10.1 Å². The highest BCUT2D eigenvalue weighted by Crippen LogP contribution is 2.47. The molecule has 2 unspecified atom stereocenters. The van der Waals surface area contributed by atoms with E-state index in [1.165, 1.54) is 6.07 Å². The average molecular weight is 406 g/mol. The predicted octanol–water partition coefficient (Wildman–Crippen LogP) is 5.49. The number of para-hydroxylation sites is 1. The molecule has 2 aliphatic heterocycles. The molecular weight excluding hydrogens is 390 g/mol. The Kier molecular flexibility index (Phi) is 4.21. The third kappa shape index (κ3) is 3.11. The molecule has 0 radical (unpaired) electrons. The van der Waals surface area contributed by atoms with Crippen LogP contribution in [0.1, 0.15) is 35.4 Å². The first kappa shape index (κ1) is 17.7. The number of benzene rings is 3. The van der Waals surface area contributed by atoms with E-state index in [0.29, 0.717) is 17.0 Å². The zero-order chi connectivity index (χ0) is 20.0. The molecular formula is C22H16ClN3O3. The van der Waals surface area contributed by atoms with Crippen molar-refractivity contribution in [2.24, 2.45) is 5.10 Å². The molecule has 3 aromatic carbocycles. The first-order valence-corrected chi connectivity index (χ1v) is 9.59. The second-order valence-corrected chi connectivity index (χ2v) is 7.45. The minimum Gasteiger partial charge on any atom is -0.464 e. The van der Waals surface area contributed by atoms with Gasteiger partial charge in [0.05, 0.1) is 16.7 Å². The number of nitrogens with zero attached hydrogens (tertiary/aromatic N) is 3. The van der Waals surface area contributed by atoms with Crippen LogP contribution in [0.15, 0.2) is 77.9 Å². The van der Waals surface area contributed by atoms with Crippen molar-refractivity contribution >= 4 is 23.0 Å². The van der Waals surface area contributed by atoms with Crippen molar-refractivity contribution in [1.82, 2.24) is 5.01 Å². The van der Waals surface area contributed by atoms with Crippen molar-refractivity contribution in [3.8, 4) is 5.75 Å². The van der Waals surface area contributed by atoms with Gasteiger partial charge < -0.3 is 4.74 Å². The monoisotopic (exact) mass is 405 g/mol. The third-order valence-electron chi connectivity index (χ3n) is 5.24. The summed E-state index contributed by atoms with van der Waals surface area (Å²) in [5, 5.41) is 18.7. The lowest BCUT2D eigenvalue weighted by atomic mass is 9.96. The summed E-state index contributed by atoms with van der Waals surface area (Å²) in [6.07, 6.45) is 0.174. The Bertz CT molecular complexity index is 1130. The van der Waals surface area contributed by atoms with E-state index in [1.54, 1.807) is 12.1 Å². The molecule has 2 aliphatic rings. The van der Waals surface area contributed by atoms with Crippen molar-refractivity contribution in [2.45, 2.75) is 18.7 Å². The average Bonchev–Trinajstić information content (AvgIpc) is 3.19. The minimum absolute atomic E-state index is 0.00473. The zero-order valence-corrected chi connectivity index (χ0v) is 16.0. The summed E-state index contributed by atoms with van der Waals surface area (Å²) in [4.78, 5) is 10.8. The van der Waals surface area contributed by atoms with Crippen LogP contribution in [-0.4, -0.2) is 15.6 Å². The second kappa shape index (κ2) is 6.90. The summed E-state index contributed by atoms with van der Waals surface area (Å²) in [5.74, 6) is 0.776. The van der Waals surface area contributed by atoms with E-state index < -0.39 is 11.2 Å². The van der Waals surface area contributed by atoms with Gasteiger partial charge in [-0.1, -0.05) is 54.1 Å². The number of halogens is 1. The standard InChI is InChI=1S/C22H16ClN3O3/c23-16-10-8-14(9-11-16)19-13-20-18-6-1-2-7-21(18)29-22(25(20)24-19)15-4-3-5-17(12-15)26(27)28/h1-12,20,22H,13H2. The fourth-order valence-corrected chi connectivity index (χ4v) is 3.99. The molecule has 0 fully saturated rings. The van der Waals surface area contributed by atoms with Gasteiger partial charge in [0.1, 0.15) is 5.75 Å². The number of hydrogen-bond acceptors (Lipinski definition) is 5. The quantitative estimate of drug-likeness (QED) is 0.426. The number of hydrogen-bond donors (Lipinski definition) is 0. The van der Waals surface area contributed by atoms with Crippen LogP contribution in [0.5, 0.6) is 5.75 Å². The van der Waals surface area contributed by atoms with Crippen molar-refractivity contribution < 1.29 is 9.66 Å². The third-order valence-corrected chi connectivity index (χ3v) is 5.49. The maximum absolute atomic E-state index is 11.2. The normalized spacial score (nSPS) is 19.8. The van der Waals surface area contributed by atoms with E-state index >= 15 is 0 Å². The minimum atomic E-state index is -0.542. The van der Waals surface area contributed by atoms with Gasteiger partial charge in [-0.15, -0.1) is 0 Å². The van der Waals surface area contributed by atoms with Gasteiger partial charge in [-0.2, -0.15) is 5.10 Å². The Morgan fingerprint density at radius 1 is 1.07 bits per heavy atom. The first-order valence-electron chi connectivity index (χ1n) is 9.22. The Morgan fingerprint density at radius 3 is 2.66 bits per heavy atom. The molecule has 3 aromatic rings. The van der Waals surface area contributed by atoms with Crippen LogP contribution in [0.3, 0.4) is 0 Å².